The van der Waals surface area contributed by atoms with Crippen molar-refractivity contribution < 1.29 is 0 Å². The largest absolute Gasteiger partial charge is 0.344 e. The van der Waals surface area contributed by atoms with Gasteiger partial charge in [-0.15, -0.1) is 0 Å². The van der Waals surface area contributed by atoms with Gasteiger partial charge in [-0.2, -0.15) is 0 Å². The summed E-state index contributed by atoms with van der Waals surface area (Å²) >= 11 is 0. The minimum absolute atomic E-state index is 0.278. The first-order valence-corrected chi connectivity index (χ1v) is 21.2. The Balaban J connectivity index is 0.915. The van der Waals surface area contributed by atoms with Gasteiger partial charge in [-0.25, -0.2) is 15.0 Å². The molecule has 0 fully saturated rings. The van der Waals surface area contributed by atoms with E-state index in [0.717, 1.165) is 94.4 Å². The number of pyridine rings is 1. The average Bonchev–Trinajstić information content (AvgIpc) is 3.78. The molecule has 0 aliphatic carbocycles. The Labute approximate surface area is 364 Å². The minimum Gasteiger partial charge on any atom is -0.344 e. The first-order chi connectivity index (χ1) is 31.2. The second-order valence-corrected chi connectivity index (χ2v) is 15.9. The number of benzene rings is 9. The van der Waals surface area contributed by atoms with Crippen LogP contribution in [0.5, 0.6) is 0 Å². The fraction of sp³-hybridized carbons (Fsp3) is 0.0175. The first kappa shape index (κ1) is 36.4. The lowest BCUT2D eigenvalue weighted by molar-refractivity contribution is 0.674. The van der Waals surface area contributed by atoms with Crippen molar-refractivity contribution in [1.29, 1.82) is 0 Å². The fourth-order valence-electron chi connectivity index (χ4n) is 9.00. The Hall–Kier alpha value is -8.48. The molecule has 0 saturated carbocycles. The van der Waals surface area contributed by atoms with E-state index in [4.69, 9.17) is 20.0 Å². The summed E-state index contributed by atoms with van der Waals surface area (Å²) in [7, 11) is 0. The molecule has 6 heteroatoms. The van der Waals surface area contributed by atoms with Crippen molar-refractivity contribution in [3.05, 3.63) is 235 Å². The van der Waals surface area contributed by atoms with Crippen LogP contribution in [0.3, 0.4) is 0 Å². The van der Waals surface area contributed by atoms with Crippen molar-refractivity contribution in [1.82, 2.24) is 19.9 Å². The van der Waals surface area contributed by atoms with Crippen molar-refractivity contribution in [3.8, 4) is 39.3 Å². The normalized spacial score (nSPS) is 13.9. The highest BCUT2D eigenvalue weighted by atomic mass is 15.2. The highest BCUT2D eigenvalue weighted by Crippen LogP contribution is 2.40. The summed E-state index contributed by atoms with van der Waals surface area (Å²) in [6.07, 6.45) is 1.60. The lowest BCUT2D eigenvalue weighted by atomic mass is 10.0. The van der Waals surface area contributed by atoms with Gasteiger partial charge in [-0.3, -0.25) is 9.55 Å². The zero-order chi connectivity index (χ0) is 41.7. The second-order valence-electron chi connectivity index (χ2n) is 15.9. The van der Waals surface area contributed by atoms with Crippen molar-refractivity contribution in [2.24, 2.45) is 9.98 Å². The number of hydrogen-bond acceptors (Lipinski definition) is 5. The van der Waals surface area contributed by atoms with Crippen LogP contribution in [0.15, 0.2) is 229 Å². The maximum Gasteiger partial charge on any atom is 0.159 e. The zero-order valence-electron chi connectivity index (χ0n) is 34.1. The molecule has 2 aromatic heterocycles. The van der Waals surface area contributed by atoms with Crippen molar-refractivity contribution in [2.75, 3.05) is 0 Å². The summed E-state index contributed by atoms with van der Waals surface area (Å²) in [4.78, 5) is 20.6. The van der Waals surface area contributed by atoms with E-state index in [9.17, 15) is 0 Å². The van der Waals surface area contributed by atoms with E-state index in [1.54, 1.807) is 0 Å². The van der Waals surface area contributed by atoms with Gasteiger partial charge in [0.25, 0.3) is 0 Å². The van der Waals surface area contributed by atoms with Crippen LogP contribution in [0.2, 0.25) is 0 Å². The van der Waals surface area contributed by atoms with Gasteiger partial charge in [0.1, 0.15) is 17.8 Å². The molecule has 0 amide bonds. The molecule has 1 aliphatic rings. The van der Waals surface area contributed by atoms with Crippen LogP contribution < -0.4 is 5.32 Å². The number of amidine groups is 2. The third-order valence-corrected chi connectivity index (χ3v) is 12.1. The summed E-state index contributed by atoms with van der Waals surface area (Å²) in [5, 5.41) is 9.21. The number of imidazole rings is 1. The molecule has 12 rings (SSSR count). The topological polar surface area (TPSA) is 67.5 Å². The number of aromatic nitrogens is 3. The van der Waals surface area contributed by atoms with Crippen LogP contribution in [-0.2, 0) is 0 Å². The van der Waals surface area contributed by atoms with Gasteiger partial charge in [-0.05, 0) is 51.4 Å². The van der Waals surface area contributed by atoms with Crippen molar-refractivity contribution in [3.63, 3.8) is 0 Å². The maximum absolute atomic E-state index is 5.49. The van der Waals surface area contributed by atoms with Crippen LogP contribution >= 0.6 is 0 Å². The minimum atomic E-state index is -0.278. The molecule has 0 radical (unpaired) electrons. The van der Waals surface area contributed by atoms with Crippen LogP contribution in [-0.4, -0.2) is 26.2 Å². The molecule has 3 heterocycles. The summed E-state index contributed by atoms with van der Waals surface area (Å²) in [6, 6.07) is 74.4. The molecule has 1 aliphatic heterocycles. The molecule has 0 bridgehead atoms. The number of nitrogens with one attached hydrogen (secondary N) is 1. The number of aliphatic imine (C=N–C) groups is 2. The van der Waals surface area contributed by atoms with E-state index >= 15 is 0 Å². The van der Waals surface area contributed by atoms with Crippen LogP contribution in [0.1, 0.15) is 22.9 Å². The molecule has 1 N–H and O–H groups in total. The summed E-state index contributed by atoms with van der Waals surface area (Å²) in [6.45, 7) is 0. The van der Waals surface area contributed by atoms with E-state index in [1.165, 1.54) is 10.9 Å². The summed E-state index contributed by atoms with van der Waals surface area (Å²) in [5.74, 6) is 2.36. The van der Waals surface area contributed by atoms with Gasteiger partial charge < -0.3 is 5.32 Å². The monoisotopic (exact) mass is 806 g/mol. The molecule has 6 nitrogen and oxygen atoms in total. The number of nitrogens with zero attached hydrogens (tertiary/aromatic N) is 5. The second kappa shape index (κ2) is 15.2. The lowest BCUT2D eigenvalue weighted by Gasteiger charge is -2.24. The van der Waals surface area contributed by atoms with E-state index in [1.807, 2.05) is 36.5 Å². The Bertz CT molecular complexity index is 3550. The molecule has 11 aromatic rings. The van der Waals surface area contributed by atoms with Gasteiger partial charge in [0, 0.05) is 44.4 Å². The lowest BCUT2D eigenvalue weighted by Crippen LogP contribution is -2.33. The van der Waals surface area contributed by atoms with E-state index in [-0.39, 0.29) is 6.17 Å². The van der Waals surface area contributed by atoms with Gasteiger partial charge in [0.05, 0.1) is 22.2 Å². The fourth-order valence-corrected chi connectivity index (χ4v) is 9.00. The predicted molar refractivity (Wildman–Crippen MR) is 260 cm³/mol. The maximum atomic E-state index is 5.49. The zero-order valence-corrected chi connectivity index (χ0v) is 34.1. The third-order valence-electron chi connectivity index (χ3n) is 12.1. The Kier molecular flexibility index (Phi) is 8.78. The Morgan fingerprint density at radius 1 is 0.413 bits per heavy atom. The standard InChI is InChI=1S/C57H38N6/c1-3-13-37(14-4-1)38-24-30-43(31-25-38)55-60-54(42-16-5-2-6-17-42)61-56(62-55)44-32-26-39(27-33-44)40-28-34-45(35-29-40)57-59-52-48-21-10-9-20-47(48)51-49(22-12-36-58-51)53(52)63(57)50-23-11-18-41-15-7-8-19-46(41)50/h1-36,54H,(H,60,61,62). The third kappa shape index (κ3) is 6.44. The molecule has 296 valence electrons. The van der Waals surface area contributed by atoms with E-state index < -0.39 is 0 Å². The van der Waals surface area contributed by atoms with Crippen molar-refractivity contribution >= 4 is 55.2 Å². The van der Waals surface area contributed by atoms with E-state index in [2.05, 4.69) is 192 Å². The molecular weight excluding hydrogens is 769 g/mol. The summed E-state index contributed by atoms with van der Waals surface area (Å²) < 4.78 is 2.34. The SMILES string of the molecule is c1ccc(-c2ccc(C3=NC(c4ccccc4)NC(c4ccc(-c5ccc(-c6nc7c8ccccc8c8ncccc8c7n6-c6cccc7ccccc67)cc5)cc4)=N3)cc2)cc1. The van der Waals surface area contributed by atoms with Crippen LogP contribution in [0.25, 0.3) is 82.8 Å². The first-order valence-electron chi connectivity index (χ1n) is 21.2. The Morgan fingerprint density at radius 3 is 1.67 bits per heavy atom. The van der Waals surface area contributed by atoms with Gasteiger partial charge in [0.15, 0.2) is 5.84 Å². The van der Waals surface area contributed by atoms with Crippen molar-refractivity contribution in [2.45, 2.75) is 6.17 Å². The predicted octanol–water partition coefficient (Wildman–Crippen LogP) is 13.4. The van der Waals surface area contributed by atoms with Crippen LogP contribution in [0, 0.1) is 0 Å². The molecule has 0 spiro atoms. The summed E-state index contributed by atoms with van der Waals surface area (Å²) in [5.41, 5.74) is 12.7. The molecule has 63 heavy (non-hydrogen) atoms. The highest BCUT2D eigenvalue weighted by Gasteiger charge is 2.23. The number of fused-ring (bicyclic) bond motifs is 7. The van der Waals surface area contributed by atoms with Gasteiger partial charge in [-0.1, -0.05) is 194 Å². The average molecular weight is 807 g/mol. The molecular formula is C57H38N6. The number of rotatable bonds is 7. The van der Waals surface area contributed by atoms with Crippen LogP contribution in [0.4, 0.5) is 0 Å². The molecule has 1 unspecified atom stereocenters. The molecule has 1 atom stereocenters. The Morgan fingerprint density at radius 2 is 0.952 bits per heavy atom. The van der Waals surface area contributed by atoms with Gasteiger partial charge in [0.2, 0.25) is 0 Å². The smallest absolute Gasteiger partial charge is 0.159 e. The highest BCUT2D eigenvalue weighted by molar-refractivity contribution is 6.23. The number of hydrogen-bond donors (Lipinski definition) is 1. The van der Waals surface area contributed by atoms with Gasteiger partial charge >= 0.3 is 0 Å². The van der Waals surface area contributed by atoms with E-state index in [0.29, 0.717) is 5.84 Å². The quantitative estimate of drug-likeness (QED) is 0.163. The molecule has 9 aromatic carbocycles. The molecule has 0 saturated heterocycles.